The van der Waals surface area contributed by atoms with E-state index in [1.807, 2.05) is 25.1 Å². The van der Waals surface area contributed by atoms with Crippen molar-refractivity contribution >= 4 is 23.5 Å². The first-order chi connectivity index (χ1) is 9.94. The highest BCUT2D eigenvalue weighted by Gasteiger charge is 2.43. The lowest BCUT2D eigenvalue weighted by atomic mass is 9.82. The molecule has 0 aliphatic heterocycles. The lowest BCUT2D eigenvalue weighted by Crippen LogP contribution is -2.36. The van der Waals surface area contributed by atoms with Crippen molar-refractivity contribution in [3.05, 3.63) is 34.9 Å². The zero-order valence-corrected chi connectivity index (χ0v) is 12.8. The van der Waals surface area contributed by atoms with Gasteiger partial charge in [0.2, 0.25) is 5.91 Å². The van der Waals surface area contributed by atoms with Crippen LogP contribution in [0.5, 0.6) is 0 Å². The third-order valence-electron chi connectivity index (χ3n) is 4.26. The zero-order valence-electron chi connectivity index (χ0n) is 12.1. The van der Waals surface area contributed by atoms with Crippen LogP contribution in [-0.2, 0) is 9.59 Å². The highest BCUT2D eigenvalue weighted by atomic mass is 35.5. The summed E-state index contributed by atoms with van der Waals surface area (Å²) in [5.74, 6) is -1.09. The highest BCUT2D eigenvalue weighted by Crippen LogP contribution is 2.41. The number of aliphatic carboxylic acids is 1. The summed E-state index contributed by atoms with van der Waals surface area (Å²) < 4.78 is 0. The summed E-state index contributed by atoms with van der Waals surface area (Å²) in [5, 5.41) is 12.9. The topological polar surface area (TPSA) is 66.4 Å². The van der Waals surface area contributed by atoms with Crippen LogP contribution in [0.4, 0.5) is 0 Å². The Kier molecular flexibility index (Phi) is 4.88. The minimum absolute atomic E-state index is 0.0388. The number of halogens is 1. The van der Waals surface area contributed by atoms with Crippen LogP contribution in [0.15, 0.2) is 24.3 Å². The van der Waals surface area contributed by atoms with Crippen molar-refractivity contribution in [1.29, 1.82) is 0 Å². The van der Waals surface area contributed by atoms with E-state index in [1.165, 1.54) is 0 Å². The number of carbonyl (C=O) groups is 2. The van der Waals surface area contributed by atoms with Crippen LogP contribution < -0.4 is 5.32 Å². The quantitative estimate of drug-likeness (QED) is 0.874. The van der Waals surface area contributed by atoms with E-state index >= 15 is 0 Å². The Morgan fingerprint density at radius 3 is 2.52 bits per heavy atom. The Bertz CT molecular complexity index is 538. The predicted molar refractivity (Wildman–Crippen MR) is 81.2 cm³/mol. The summed E-state index contributed by atoms with van der Waals surface area (Å²) in [6.07, 6.45) is 2.95. The van der Waals surface area contributed by atoms with Gasteiger partial charge in [0.15, 0.2) is 0 Å². The van der Waals surface area contributed by atoms with Gasteiger partial charge in [-0.15, -0.1) is 0 Å². The monoisotopic (exact) mass is 309 g/mol. The van der Waals surface area contributed by atoms with Crippen LogP contribution in [0.3, 0.4) is 0 Å². The average molecular weight is 310 g/mol. The van der Waals surface area contributed by atoms with E-state index in [-0.39, 0.29) is 18.4 Å². The molecule has 21 heavy (non-hydrogen) atoms. The van der Waals surface area contributed by atoms with Crippen molar-refractivity contribution in [1.82, 2.24) is 5.32 Å². The number of benzene rings is 1. The molecule has 0 spiro atoms. The summed E-state index contributed by atoms with van der Waals surface area (Å²) in [5.41, 5.74) is -0.0482. The largest absolute Gasteiger partial charge is 0.481 e. The van der Waals surface area contributed by atoms with Gasteiger partial charge in [-0.3, -0.25) is 9.59 Å². The molecule has 1 atom stereocenters. The first kappa shape index (κ1) is 15.8. The number of nitrogens with one attached hydrogen (secondary N) is 1. The van der Waals surface area contributed by atoms with E-state index in [2.05, 4.69) is 5.32 Å². The number of amides is 1. The van der Waals surface area contributed by atoms with Crippen molar-refractivity contribution in [3.8, 4) is 0 Å². The number of rotatable bonds is 5. The second-order valence-electron chi connectivity index (χ2n) is 5.78. The molecule has 0 unspecified atom stereocenters. The van der Waals surface area contributed by atoms with E-state index in [9.17, 15) is 14.7 Å². The van der Waals surface area contributed by atoms with Gasteiger partial charge >= 0.3 is 5.97 Å². The summed E-state index contributed by atoms with van der Waals surface area (Å²) in [6, 6.07) is 7.08. The molecule has 0 bridgehead atoms. The van der Waals surface area contributed by atoms with Gasteiger partial charge in [0.1, 0.15) is 0 Å². The van der Waals surface area contributed by atoms with Gasteiger partial charge in [0.05, 0.1) is 11.5 Å². The summed E-state index contributed by atoms with van der Waals surface area (Å²) in [6.45, 7) is 1.85. The van der Waals surface area contributed by atoms with E-state index in [0.29, 0.717) is 17.9 Å². The first-order valence-corrected chi connectivity index (χ1v) is 7.60. The van der Waals surface area contributed by atoms with E-state index in [1.54, 1.807) is 6.07 Å². The third kappa shape index (κ3) is 3.56. The van der Waals surface area contributed by atoms with Crippen LogP contribution in [0.1, 0.15) is 50.6 Å². The zero-order chi connectivity index (χ0) is 15.5. The van der Waals surface area contributed by atoms with Gasteiger partial charge in [0, 0.05) is 11.4 Å². The number of hydrogen-bond acceptors (Lipinski definition) is 2. The average Bonchev–Trinajstić information content (AvgIpc) is 2.88. The fourth-order valence-electron chi connectivity index (χ4n) is 3.02. The van der Waals surface area contributed by atoms with Crippen LogP contribution >= 0.6 is 11.6 Å². The smallest absolute Gasteiger partial charge is 0.310 e. The number of carboxylic acid groups (broad SMARTS) is 1. The molecule has 2 N–H and O–H groups in total. The Hall–Kier alpha value is -1.55. The molecule has 0 radical (unpaired) electrons. The molecular formula is C16H20ClNO3. The Morgan fingerprint density at radius 2 is 1.95 bits per heavy atom. The van der Waals surface area contributed by atoms with Crippen LogP contribution in [0.25, 0.3) is 0 Å². The number of carboxylic acids is 1. The predicted octanol–water partition coefficient (Wildman–Crippen LogP) is 3.55. The Balaban J connectivity index is 2.01. The standard InChI is InChI=1S/C16H20ClNO3/c1-11(12-6-2-3-7-13(12)17)18-14(19)10-16(15(20)21)8-4-5-9-16/h2-3,6-7,11H,4-5,8-10H2,1H3,(H,18,19)(H,20,21)/t11-/m0/s1. The summed E-state index contributed by atoms with van der Waals surface area (Å²) in [4.78, 5) is 23.7. The van der Waals surface area contributed by atoms with Crippen molar-refractivity contribution in [2.45, 2.75) is 45.1 Å². The van der Waals surface area contributed by atoms with Crippen molar-refractivity contribution in [3.63, 3.8) is 0 Å². The second kappa shape index (κ2) is 6.48. The molecule has 114 valence electrons. The van der Waals surface area contributed by atoms with Gasteiger partial charge in [-0.1, -0.05) is 42.6 Å². The van der Waals surface area contributed by atoms with Crippen LogP contribution in [-0.4, -0.2) is 17.0 Å². The number of carbonyl (C=O) groups excluding carboxylic acids is 1. The fourth-order valence-corrected chi connectivity index (χ4v) is 3.32. The van der Waals surface area contributed by atoms with Gasteiger partial charge < -0.3 is 10.4 Å². The lowest BCUT2D eigenvalue weighted by Gasteiger charge is -2.24. The van der Waals surface area contributed by atoms with Crippen molar-refractivity contribution in [2.24, 2.45) is 5.41 Å². The molecule has 1 aliphatic carbocycles. The maximum Gasteiger partial charge on any atom is 0.310 e. The third-order valence-corrected chi connectivity index (χ3v) is 4.61. The van der Waals surface area contributed by atoms with Gasteiger partial charge in [-0.05, 0) is 31.4 Å². The fraction of sp³-hybridized carbons (Fsp3) is 0.500. The maximum absolute atomic E-state index is 12.2. The molecule has 1 saturated carbocycles. The minimum atomic E-state index is -0.885. The summed E-state index contributed by atoms with van der Waals surface area (Å²) in [7, 11) is 0. The molecule has 1 aromatic rings. The Labute approximate surface area is 129 Å². The maximum atomic E-state index is 12.2. The van der Waals surface area contributed by atoms with Crippen LogP contribution in [0.2, 0.25) is 5.02 Å². The SMILES string of the molecule is C[C@H](NC(=O)CC1(C(=O)O)CCCC1)c1ccccc1Cl. The molecule has 1 fully saturated rings. The summed E-state index contributed by atoms with van der Waals surface area (Å²) >= 11 is 6.11. The lowest BCUT2D eigenvalue weighted by molar-refractivity contribution is -0.151. The first-order valence-electron chi connectivity index (χ1n) is 7.22. The molecule has 1 aromatic carbocycles. The van der Waals surface area contributed by atoms with E-state index < -0.39 is 11.4 Å². The van der Waals surface area contributed by atoms with E-state index in [0.717, 1.165) is 18.4 Å². The normalized spacial score (nSPS) is 18.2. The molecule has 1 amide bonds. The van der Waals surface area contributed by atoms with Crippen molar-refractivity contribution in [2.75, 3.05) is 0 Å². The van der Waals surface area contributed by atoms with Gasteiger partial charge in [-0.25, -0.2) is 0 Å². The minimum Gasteiger partial charge on any atom is -0.481 e. The highest BCUT2D eigenvalue weighted by molar-refractivity contribution is 6.31. The Morgan fingerprint density at radius 1 is 1.33 bits per heavy atom. The number of hydrogen-bond donors (Lipinski definition) is 2. The second-order valence-corrected chi connectivity index (χ2v) is 6.19. The van der Waals surface area contributed by atoms with Gasteiger partial charge in [0.25, 0.3) is 0 Å². The molecule has 4 nitrogen and oxygen atoms in total. The molecular weight excluding hydrogens is 290 g/mol. The molecule has 0 aromatic heterocycles. The molecule has 0 saturated heterocycles. The molecule has 0 heterocycles. The van der Waals surface area contributed by atoms with Gasteiger partial charge in [-0.2, -0.15) is 0 Å². The van der Waals surface area contributed by atoms with E-state index in [4.69, 9.17) is 11.6 Å². The van der Waals surface area contributed by atoms with Crippen LogP contribution in [0, 0.1) is 5.41 Å². The molecule has 2 rings (SSSR count). The molecule has 5 heteroatoms. The van der Waals surface area contributed by atoms with Crippen molar-refractivity contribution < 1.29 is 14.7 Å². The molecule has 1 aliphatic rings.